The Morgan fingerprint density at radius 2 is 2.10 bits per heavy atom. The molecule has 0 radical (unpaired) electrons. The van der Waals surface area contributed by atoms with Crippen molar-refractivity contribution >= 4 is 17.2 Å². The van der Waals surface area contributed by atoms with Crippen molar-refractivity contribution in [2.75, 3.05) is 0 Å². The number of aryl methyl sites for hydroxylation is 1. The summed E-state index contributed by atoms with van der Waals surface area (Å²) >= 11 is 5.89. The van der Waals surface area contributed by atoms with E-state index in [1.54, 1.807) is 6.08 Å². The number of nitrogens with one attached hydrogen (secondary N) is 1. The highest BCUT2D eigenvalue weighted by Gasteiger charge is 2.11. The molecule has 0 spiro atoms. The quantitative estimate of drug-likeness (QED) is 0.754. The van der Waals surface area contributed by atoms with Crippen LogP contribution in [0.3, 0.4) is 0 Å². The highest BCUT2D eigenvalue weighted by molar-refractivity contribution is 6.30. The minimum Gasteiger partial charge on any atom is -0.289 e. The van der Waals surface area contributed by atoms with Gasteiger partial charge in [0.1, 0.15) is 0 Å². The van der Waals surface area contributed by atoms with Crippen molar-refractivity contribution in [2.24, 2.45) is 0 Å². The molecule has 2 aromatic heterocycles. The maximum Gasteiger partial charge on any atom is 0.276 e. The van der Waals surface area contributed by atoms with Crippen LogP contribution < -0.4 is 5.56 Å². The predicted molar refractivity (Wildman–Crippen MR) is 84.9 cm³/mol. The van der Waals surface area contributed by atoms with Crippen molar-refractivity contribution in [1.82, 2.24) is 14.6 Å². The molecule has 1 N–H and O–H groups in total. The molecule has 1 aromatic carbocycles. The van der Waals surface area contributed by atoms with Crippen molar-refractivity contribution in [3.05, 3.63) is 69.6 Å². The summed E-state index contributed by atoms with van der Waals surface area (Å²) in [6.07, 6.45) is 2.22. The lowest BCUT2D eigenvalue weighted by Crippen LogP contribution is -2.21. The number of halogens is 1. The zero-order chi connectivity index (χ0) is 15.0. The molecule has 0 saturated carbocycles. The molecule has 0 atom stereocenters. The monoisotopic (exact) mass is 299 g/mol. The third-order valence-electron chi connectivity index (χ3n) is 3.42. The van der Waals surface area contributed by atoms with Gasteiger partial charge in [-0.2, -0.15) is 0 Å². The van der Waals surface area contributed by atoms with Gasteiger partial charge in [-0.1, -0.05) is 29.8 Å². The van der Waals surface area contributed by atoms with Crippen LogP contribution in [0, 0.1) is 6.92 Å². The van der Waals surface area contributed by atoms with Crippen LogP contribution in [-0.2, 0) is 6.42 Å². The molecule has 0 saturated heterocycles. The van der Waals surface area contributed by atoms with Gasteiger partial charge < -0.3 is 0 Å². The molecule has 5 heteroatoms. The topological polar surface area (TPSA) is 50.2 Å². The number of aromatic nitrogens is 3. The summed E-state index contributed by atoms with van der Waals surface area (Å²) < 4.78 is 1.47. The average Bonchev–Trinajstić information content (AvgIpc) is 2.88. The molecule has 0 amide bonds. The maximum atomic E-state index is 12.5. The van der Waals surface area contributed by atoms with Crippen LogP contribution in [0.1, 0.15) is 11.3 Å². The first-order chi connectivity index (χ1) is 10.1. The average molecular weight is 300 g/mol. The fourth-order valence-corrected chi connectivity index (χ4v) is 2.45. The van der Waals surface area contributed by atoms with Crippen LogP contribution in [0.25, 0.3) is 16.9 Å². The molecule has 0 aliphatic rings. The summed E-state index contributed by atoms with van der Waals surface area (Å²) in [4.78, 5) is 16.9. The molecule has 0 aliphatic heterocycles. The Hall–Kier alpha value is -2.33. The highest BCUT2D eigenvalue weighted by Crippen LogP contribution is 2.21. The van der Waals surface area contributed by atoms with E-state index in [0.29, 0.717) is 22.7 Å². The fraction of sp³-hybridized carbons (Fsp3) is 0.125. The van der Waals surface area contributed by atoms with Crippen LogP contribution in [0.2, 0.25) is 5.02 Å². The Bertz CT molecular complexity index is 875. The molecule has 2 heterocycles. The van der Waals surface area contributed by atoms with Gasteiger partial charge in [-0.15, -0.1) is 6.58 Å². The third-order valence-corrected chi connectivity index (χ3v) is 3.67. The van der Waals surface area contributed by atoms with E-state index in [1.165, 1.54) is 4.52 Å². The summed E-state index contributed by atoms with van der Waals surface area (Å²) in [6.45, 7) is 5.52. The second kappa shape index (κ2) is 5.22. The van der Waals surface area contributed by atoms with Crippen molar-refractivity contribution in [1.29, 1.82) is 0 Å². The minimum absolute atomic E-state index is 0.0855. The minimum atomic E-state index is -0.0855. The van der Waals surface area contributed by atoms with Crippen LogP contribution in [-0.4, -0.2) is 14.6 Å². The largest absolute Gasteiger partial charge is 0.289 e. The molecule has 0 unspecified atom stereocenters. The van der Waals surface area contributed by atoms with E-state index in [0.717, 1.165) is 17.0 Å². The molecule has 4 nitrogen and oxygen atoms in total. The van der Waals surface area contributed by atoms with Gasteiger partial charge in [0.05, 0.1) is 5.69 Å². The second-order valence-corrected chi connectivity index (χ2v) is 5.28. The first-order valence-electron chi connectivity index (χ1n) is 6.58. The van der Waals surface area contributed by atoms with Crippen molar-refractivity contribution in [3.8, 4) is 11.3 Å². The smallest absolute Gasteiger partial charge is 0.276 e. The van der Waals surface area contributed by atoms with Crippen LogP contribution in [0.4, 0.5) is 0 Å². The van der Waals surface area contributed by atoms with E-state index in [-0.39, 0.29) is 5.56 Å². The molecule has 3 rings (SSSR count). The molecule has 0 bridgehead atoms. The van der Waals surface area contributed by atoms with E-state index in [1.807, 2.05) is 37.3 Å². The molecule has 3 aromatic rings. The van der Waals surface area contributed by atoms with Gasteiger partial charge in [0.15, 0.2) is 5.65 Å². The lowest BCUT2D eigenvalue weighted by Gasteiger charge is -2.02. The fourth-order valence-electron chi connectivity index (χ4n) is 2.33. The summed E-state index contributed by atoms with van der Waals surface area (Å²) in [5.41, 5.74) is 3.69. The molecule has 0 aliphatic carbocycles. The van der Waals surface area contributed by atoms with E-state index in [9.17, 15) is 4.79 Å². The number of allylic oxidation sites excluding steroid dienone is 1. The number of rotatable bonds is 3. The molecule has 106 valence electrons. The summed E-state index contributed by atoms with van der Waals surface area (Å²) in [6, 6.07) is 9.28. The summed E-state index contributed by atoms with van der Waals surface area (Å²) in [5.74, 6) is 0. The van der Waals surface area contributed by atoms with E-state index in [2.05, 4.69) is 16.7 Å². The number of hydrogen-bond acceptors (Lipinski definition) is 2. The van der Waals surface area contributed by atoms with Gasteiger partial charge in [-0.05, 0) is 31.0 Å². The number of H-pyrrole nitrogens is 1. The Balaban J connectivity index is 2.20. The van der Waals surface area contributed by atoms with Crippen LogP contribution in [0.5, 0.6) is 0 Å². The van der Waals surface area contributed by atoms with Crippen molar-refractivity contribution in [3.63, 3.8) is 0 Å². The summed E-state index contributed by atoms with van der Waals surface area (Å²) in [5, 5.41) is 3.77. The maximum absolute atomic E-state index is 12.5. The summed E-state index contributed by atoms with van der Waals surface area (Å²) in [7, 11) is 0. The van der Waals surface area contributed by atoms with Crippen molar-refractivity contribution in [2.45, 2.75) is 13.3 Å². The van der Waals surface area contributed by atoms with Crippen molar-refractivity contribution < 1.29 is 0 Å². The van der Waals surface area contributed by atoms with Gasteiger partial charge in [-0.3, -0.25) is 9.89 Å². The number of nitrogens with zero attached hydrogens (tertiary/aromatic N) is 2. The number of aromatic amines is 1. The number of hydrogen-bond donors (Lipinski definition) is 1. The zero-order valence-corrected chi connectivity index (χ0v) is 12.3. The standard InChI is InChI=1S/C16H14ClN3O/c1-3-4-13-10(2)18-15-9-14(19-20(15)16(13)21)11-5-7-12(17)8-6-11/h3,5-9,19H,1,4H2,2H3. The van der Waals surface area contributed by atoms with Crippen LogP contribution in [0.15, 0.2) is 47.8 Å². The zero-order valence-electron chi connectivity index (χ0n) is 11.6. The van der Waals surface area contributed by atoms with Gasteiger partial charge in [0, 0.05) is 22.3 Å². The van der Waals surface area contributed by atoms with Gasteiger partial charge >= 0.3 is 0 Å². The molecule has 0 fully saturated rings. The van der Waals surface area contributed by atoms with E-state index < -0.39 is 0 Å². The normalized spacial score (nSPS) is 11.0. The molecule has 21 heavy (non-hydrogen) atoms. The molecular weight excluding hydrogens is 286 g/mol. The van der Waals surface area contributed by atoms with E-state index in [4.69, 9.17) is 11.6 Å². The van der Waals surface area contributed by atoms with Gasteiger partial charge in [0.2, 0.25) is 0 Å². The number of benzene rings is 1. The second-order valence-electron chi connectivity index (χ2n) is 4.84. The third kappa shape index (κ3) is 2.38. The Labute approximate surface area is 126 Å². The first kappa shape index (κ1) is 13.6. The first-order valence-corrected chi connectivity index (χ1v) is 6.96. The Kier molecular flexibility index (Phi) is 3.39. The number of fused-ring (bicyclic) bond motifs is 1. The van der Waals surface area contributed by atoms with E-state index >= 15 is 0 Å². The SMILES string of the molecule is C=CCc1c(C)nc2cc(-c3ccc(Cl)cc3)[nH]n2c1=O. The molecular formula is C16H14ClN3O. The van der Waals surface area contributed by atoms with Crippen LogP contribution >= 0.6 is 11.6 Å². The lowest BCUT2D eigenvalue weighted by atomic mass is 10.1. The predicted octanol–water partition coefficient (Wildman–Crippen LogP) is 3.38. The lowest BCUT2D eigenvalue weighted by molar-refractivity contribution is 0.866. The Morgan fingerprint density at radius 3 is 2.76 bits per heavy atom. The van der Waals surface area contributed by atoms with Gasteiger partial charge in [-0.25, -0.2) is 9.50 Å². The van der Waals surface area contributed by atoms with Gasteiger partial charge in [0.25, 0.3) is 5.56 Å². The highest BCUT2D eigenvalue weighted by atomic mass is 35.5. The Morgan fingerprint density at radius 1 is 1.38 bits per heavy atom.